The molecule has 0 bridgehead atoms. The molecule has 0 fully saturated rings. The molecule has 5 heteroatoms. The summed E-state index contributed by atoms with van der Waals surface area (Å²) in [7, 11) is 0. The van der Waals surface area contributed by atoms with E-state index in [-0.39, 0.29) is 0 Å². The smallest absolute Gasteiger partial charge is 0.165 e. The molecule has 3 aromatic heterocycles. The Labute approximate surface area is 350 Å². The molecule has 3 heterocycles. The molecule has 12 rings (SSSR count). The van der Waals surface area contributed by atoms with Crippen molar-refractivity contribution in [3.05, 3.63) is 193 Å². The molecule has 0 saturated heterocycles. The van der Waals surface area contributed by atoms with Crippen LogP contribution >= 0.6 is 11.3 Å². The zero-order valence-corrected chi connectivity index (χ0v) is 33.8. The van der Waals surface area contributed by atoms with E-state index in [4.69, 9.17) is 15.0 Å². The van der Waals surface area contributed by atoms with Gasteiger partial charge in [0.15, 0.2) is 17.5 Å². The molecule has 0 saturated carbocycles. The summed E-state index contributed by atoms with van der Waals surface area (Å²) in [5.41, 5.74) is 11.1. The summed E-state index contributed by atoms with van der Waals surface area (Å²) in [5.74, 6) is 1.94. The fraction of sp³-hybridized carbons (Fsp3) is 0.0364. The quantitative estimate of drug-likeness (QED) is 0.175. The Morgan fingerprint density at radius 2 is 0.950 bits per heavy atom. The highest BCUT2D eigenvalue weighted by molar-refractivity contribution is 7.26. The molecule has 0 spiro atoms. The van der Waals surface area contributed by atoms with Crippen molar-refractivity contribution < 1.29 is 0 Å². The summed E-state index contributed by atoms with van der Waals surface area (Å²) in [4.78, 5) is 15.8. The lowest BCUT2D eigenvalue weighted by Gasteiger charge is -2.13. The second-order valence-corrected chi connectivity index (χ2v) is 16.7. The van der Waals surface area contributed by atoms with Crippen molar-refractivity contribution in [2.24, 2.45) is 0 Å². The summed E-state index contributed by atoms with van der Waals surface area (Å²) < 4.78 is 4.82. The summed E-state index contributed by atoms with van der Waals surface area (Å²) in [6.07, 6.45) is 0. The molecule has 0 aliphatic carbocycles. The van der Waals surface area contributed by atoms with Crippen LogP contribution in [-0.4, -0.2) is 19.5 Å². The third-order valence-electron chi connectivity index (χ3n) is 12.1. The predicted molar refractivity (Wildman–Crippen MR) is 253 cm³/mol. The summed E-state index contributed by atoms with van der Waals surface area (Å²) in [6.45, 7) is 4.33. The molecule has 0 unspecified atom stereocenters. The first kappa shape index (κ1) is 34.6. The third-order valence-corrected chi connectivity index (χ3v) is 13.4. The number of fused-ring (bicyclic) bond motifs is 10. The Balaban J connectivity index is 1.05. The van der Waals surface area contributed by atoms with E-state index in [0.29, 0.717) is 17.5 Å². The zero-order chi connectivity index (χ0) is 39.9. The van der Waals surface area contributed by atoms with Crippen molar-refractivity contribution in [1.29, 1.82) is 0 Å². The minimum atomic E-state index is 0.636. The highest BCUT2D eigenvalue weighted by Crippen LogP contribution is 2.42. The van der Waals surface area contributed by atoms with Gasteiger partial charge in [0.1, 0.15) is 0 Å². The number of aryl methyl sites for hydroxylation is 2. The standard InChI is InChI=1S/C55H36N4S/c1-33-12-3-6-15-40(33)46-32-38(23-22-34(46)2)54-56-53(57-55(58-54)45-20-11-19-44-43-18-9-10-21-49(43)60-52(44)45)37-24-28-39(29-25-37)59-47-30-26-35-13-4-7-16-41(35)50(47)51-42-17-8-5-14-36(42)27-31-48(51)59/h3-32H,1-2H3. The minimum absolute atomic E-state index is 0.636. The largest absolute Gasteiger partial charge is 0.309 e. The lowest BCUT2D eigenvalue weighted by Crippen LogP contribution is -2.01. The normalized spacial score (nSPS) is 11.8. The first-order valence-corrected chi connectivity index (χ1v) is 21.2. The molecule has 0 aliphatic heterocycles. The van der Waals surface area contributed by atoms with Crippen molar-refractivity contribution in [3.63, 3.8) is 0 Å². The minimum Gasteiger partial charge on any atom is -0.309 e. The van der Waals surface area contributed by atoms with Crippen molar-refractivity contribution in [2.45, 2.75) is 13.8 Å². The molecule has 282 valence electrons. The summed E-state index contributed by atoms with van der Waals surface area (Å²) >= 11 is 1.79. The molecule has 0 amide bonds. The molecule has 0 radical (unpaired) electrons. The van der Waals surface area contributed by atoms with Gasteiger partial charge >= 0.3 is 0 Å². The first-order chi connectivity index (χ1) is 29.6. The number of aromatic nitrogens is 4. The molecular formula is C55H36N4S. The van der Waals surface area contributed by atoms with E-state index >= 15 is 0 Å². The van der Waals surface area contributed by atoms with Crippen LogP contribution in [0.4, 0.5) is 0 Å². The van der Waals surface area contributed by atoms with Gasteiger partial charge < -0.3 is 4.57 Å². The summed E-state index contributed by atoms with van der Waals surface area (Å²) in [5, 5.41) is 9.99. The van der Waals surface area contributed by atoms with Gasteiger partial charge in [-0.15, -0.1) is 11.3 Å². The van der Waals surface area contributed by atoms with Crippen LogP contribution in [0.1, 0.15) is 11.1 Å². The van der Waals surface area contributed by atoms with Crippen LogP contribution in [0, 0.1) is 13.8 Å². The topological polar surface area (TPSA) is 43.6 Å². The van der Waals surface area contributed by atoms with Crippen LogP contribution in [0.25, 0.3) is 115 Å². The van der Waals surface area contributed by atoms with Crippen molar-refractivity contribution in [3.8, 4) is 51.0 Å². The van der Waals surface area contributed by atoms with Crippen LogP contribution in [0.2, 0.25) is 0 Å². The van der Waals surface area contributed by atoms with Crippen molar-refractivity contribution in [1.82, 2.24) is 19.5 Å². The van der Waals surface area contributed by atoms with Gasteiger partial charge in [0, 0.05) is 53.3 Å². The molecular weight excluding hydrogens is 749 g/mol. The van der Waals surface area contributed by atoms with Gasteiger partial charge in [-0.05, 0) is 112 Å². The molecule has 12 aromatic rings. The maximum atomic E-state index is 5.27. The number of rotatable bonds is 5. The Morgan fingerprint density at radius 3 is 1.67 bits per heavy atom. The predicted octanol–water partition coefficient (Wildman–Crippen LogP) is 14.9. The average Bonchev–Trinajstić information content (AvgIpc) is 3.86. The number of hydrogen-bond donors (Lipinski definition) is 0. The maximum absolute atomic E-state index is 5.27. The van der Waals surface area contributed by atoms with Crippen LogP contribution in [0.5, 0.6) is 0 Å². The third kappa shape index (κ3) is 5.40. The number of benzene rings is 9. The maximum Gasteiger partial charge on any atom is 0.165 e. The van der Waals surface area contributed by atoms with Gasteiger partial charge in [0.25, 0.3) is 0 Å². The molecule has 60 heavy (non-hydrogen) atoms. The highest BCUT2D eigenvalue weighted by Gasteiger charge is 2.20. The zero-order valence-electron chi connectivity index (χ0n) is 33.0. The van der Waals surface area contributed by atoms with E-state index in [1.54, 1.807) is 11.3 Å². The second kappa shape index (κ2) is 13.6. The van der Waals surface area contributed by atoms with Gasteiger partial charge in [0.05, 0.1) is 11.0 Å². The monoisotopic (exact) mass is 784 g/mol. The molecule has 4 nitrogen and oxygen atoms in total. The number of thiophene rings is 1. The highest BCUT2D eigenvalue weighted by atomic mass is 32.1. The van der Waals surface area contributed by atoms with Crippen LogP contribution < -0.4 is 0 Å². The van der Waals surface area contributed by atoms with E-state index in [9.17, 15) is 0 Å². The lowest BCUT2D eigenvalue weighted by molar-refractivity contribution is 1.07. The summed E-state index contributed by atoms with van der Waals surface area (Å²) in [6, 6.07) is 65.4. The Hall–Kier alpha value is -7.47. The van der Waals surface area contributed by atoms with Crippen LogP contribution in [0.3, 0.4) is 0 Å². The molecule has 0 aliphatic rings. The van der Waals surface area contributed by atoms with Crippen LogP contribution in [-0.2, 0) is 0 Å². The second-order valence-electron chi connectivity index (χ2n) is 15.7. The van der Waals surface area contributed by atoms with Crippen LogP contribution in [0.15, 0.2) is 182 Å². The fourth-order valence-corrected chi connectivity index (χ4v) is 10.4. The van der Waals surface area contributed by atoms with E-state index in [2.05, 4.69) is 200 Å². The fourth-order valence-electron chi connectivity index (χ4n) is 9.19. The molecule has 0 atom stereocenters. The first-order valence-electron chi connectivity index (χ1n) is 20.4. The van der Waals surface area contributed by atoms with E-state index in [1.807, 2.05) is 0 Å². The SMILES string of the molecule is Cc1ccccc1-c1cc(-c2nc(-c3ccc(-n4c5ccc6ccccc6c5c5c6ccccc6ccc54)cc3)nc(-c3cccc4c3sc3ccccc34)n2)ccc1C. The van der Waals surface area contributed by atoms with Crippen molar-refractivity contribution in [2.75, 3.05) is 0 Å². The van der Waals surface area contributed by atoms with E-state index in [0.717, 1.165) is 22.4 Å². The van der Waals surface area contributed by atoms with Gasteiger partial charge in [-0.25, -0.2) is 15.0 Å². The Morgan fingerprint density at radius 1 is 0.400 bits per heavy atom. The Bertz CT molecular complexity index is 3590. The molecule has 9 aromatic carbocycles. The number of nitrogens with zero attached hydrogens (tertiary/aromatic N) is 4. The average molecular weight is 785 g/mol. The van der Waals surface area contributed by atoms with E-state index < -0.39 is 0 Å². The van der Waals surface area contributed by atoms with Gasteiger partial charge in [-0.2, -0.15) is 0 Å². The van der Waals surface area contributed by atoms with Crippen molar-refractivity contribution >= 4 is 74.9 Å². The lowest BCUT2D eigenvalue weighted by atomic mass is 9.94. The Kier molecular flexibility index (Phi) is 7.81. The van der Waals surface area contributed by atoms with Gasteiger partial charge in [-0.1, -0.05) is 127 Å². The number of hydrogen-bond acceptors (Lipinski definition) is 4. The van der Waals surface area contributed by atoms with E-state index in [1.165, 1.54) is 85.8 Å². The van der Waals surface area contributed by atoms with Gasteiger partial charge in [0.2, 0.25) is 0 Å². The molecule has 0 N–H and O–H groups in total. The van der Waals surface area contributed by atoms with Gasteiger partial charge in [-0.3, -0.25) is 0 Å².